The van der Waals surface area contributed by atoms with Crippen molar-refractivity contribution in [2.75, 3.05) is 0 Å². The van der Waals surface area contributed by atoms with Crippen LogP contribution in [0.25, 0.3) is 0 Å². The highest BCUT2D eigenvalue weighted by atomic mass is 35.5. The molecule has 0 saturated carbocycles. The Morgan fingerprint density at radius 1 is 1.33 bits per heavy atom. The van der Waals surface area contributed by atoms with Crippen molar-refractivity contribution in [2.24, 2.45) is 5.73 Å². The fourth-order valence-electron chi connectivity index (χ4n) is 1.52. The number of nitrogens with zero attached hydrogens (tertiary/aromatic N) is 2. The fourth-order valence-corrected chi connectivity index (χ4v) is 2.05. The highest BCUT2D eigenvalue weighted by Crippen LogP contribution is 2.26. The molecule has 0 aliphatic carbocycles. The highest BCUT2D eigenvalue weighted by molar-refractivity contribution is 6.36. The maximum absolute atomic E-state index is 6.08. The van der Waals surface area contributed by atoms with Crippen molar-refractivity contribution >= 4 is 23.2 Å². The normalized spacial score (nSPS) is 12.7. The first-order valence-electron chi connectivity index (χ1n) is 5.62. The lowest BCUT2D eigenvalue weighted by molar-refractivity contribution is 0.348. The lowest BCUT2D eigenvalue weighted by atomic mass is 10.1. The van der Waals surface area contributed by atoms with E-state index in [0.29, 0.717) is 28.2 Å². The molecule has 1 heterocycles. The highest BCUT2D eigenvalue weighted by Gasteiger charge is 2.15. The van der Waals surface area contributed by atoms with E-state index in [1.54, 1.807) is 18.2 Å². The second kappa shape index (κ2) is 5.69. The Bertz CT molecular complexity index is 522. The van der Waals surface area contributed by atoms with E-state index in [4.69, 9.17) is 33.5 Å². The quantitative estimate of drug-likeness (QED) is 0.935. The number of halogens is 2. The predicted octanol–water partition coefficient (Wildman–Crippen LogP) is 3.38. The third-order valence-electron chi connectivity index (χ3n) is 2.64. The Labute approximate surface area is 115 Å². The number of aromatic nitrogens is 2. The van der Waals surface area contributed by atoms with Crippen molar-refractivity contribution in [3.63, 3.8) is 0 Å². The van der Waals surface area contributed by atoms with E-state index in [-0.39, 0.29) is 6.04 Å². The van der Waals surface area contributed by atoms with Crippen LogP contribution >= 0.6 is 23.2 Å². The summed E-state index contributed by atoms with van der Waals surface area (Å²) >= 11 is 12.2. The van der Waals surface area contributed by atoms with E-state index < -0.39 is 0 Å². The van der Waals surface area contributed by atoms with Gasteiger partial charge in [0.15, 0.2) is 5.82 Å². The molecule has 6 heteroatoms. The average Bonchev–Trinajstić information content (AvgIpc) is 2.81. The van der Waals surface area contributed by atoms with Crippen molar-refractivity contribution < 1.29 is 4.52 Å². The molecule has 0 radical (unpaired) electrons. The van der Waals surface area contributed by atoms with Gasteiger partial charge in [-0.1, -0.05) is 41.3 Å². The van der Waals surface area contributed by atoms with Gasteiger partial charge in [0.25, 0.3) is 0 Å². The van der Waals surface area contributed by atoms with Gasteiger partial charge in [0.05, 0.1) is 6.04 Å². The molecule has 96 valence electrons. The van der Waals surface area contributed by atoms with Gasteiger partial charge < -0.3 is 10.3 Å². The summed E-state index contributed by atoms with van der Waals surface area (Å²) in [6, 6.07) is 5.12. The first-order chi connectivity index (χ1) is 8.61. The summed E-state index contributed by atoms with van der Waals surface area (Å²) in [6.07, 6.45) is 1.17. The minimum absolute atomic E-state index is 0.229. The average molecular weight is 286 g/mol. The first-order valence-corrected chi connectivity index (χ1v) is 6.38. The summed E-state index contributed by atoms with van der Waals surface area (Å²) in [5.41, 5.74) is 6.60. The Balaban J connectivity index is 2.21. The molecule has 0 unspecified atom stereocenters. The van der Waals surface area contributed by atoms with Crippen LogP contribution in [0.3, 0.4) is 0 Å². The molecule has 2 N–H and O–H groups in total. The van der Waals surface area contributed by atoms with Gasteiger partial charge in [-0.3, -0.25) is 0 Å². The minimum Gasteiger partial charge on any atom is -0.338 e. The van der Waals surface area contributed by atoms with Gasteiger partial charge >= 0.3 is 0 Å². The van der Waals surface area contributed by atoms with Crippen LogP contribution in [0.15, 0.2) is 22.7 Å². The fraction of sp³-hybridized carbons (Fsp3) is 0.333. The van der Waals surface area contributed by atoms with E-state index >= 15 is 0 Å². The molecular weight excluding hydrogens is 273 g/mol. The van der Waals surface area contributed by atoms with Gasteiger partial charge in [-0.05, 0) is 24.1 Å². The molecule has 0 aliphatic rings. The SMILES string of the molecule is CC[C@H](N)c1nc(Cc2c(Cl)cccc2Cl)no1. The molecule has 0 saturated heterocycles. The van der Waals surface area contributed by atoms with Gasteiger partial charge in [-0.25, -0.2) is 0 Å². The molecule has 0 amide bonds. The maximum Gasteiger partial charge on any atom is 0.243 e. The molecule has 18 heavy (non-hydrogen) atoms. The number of hydrogen-bond donors (Lipinski definition) is 1. The molecule has 2 rings (SSSR count). The number of hydrogen-bond acceptors (Lipinski definition) is 4. The first kappa shape index (κ1) is 13.3. The molecule has 1 aromatic heterocycles. The van der Waals surface area contributed by atoms with E-state index in [0.717, 1.165) is 12.0 Å². The molecule has 1 aromatic carbocycles. The van der Waals surface area contributed by atoms with Crippen LogP contribution in [-0.2, 0) is 6.42 Å². The largest absolute Gasteiger partial charge is 0.338 e. The topological polar surface area (TPSA) is 64.9 Å². The molecule has 4 nitrogen and oxygen atoms in total. The van der Waals surface area contributed by atoms with Crippen LogP contribution in [0.5, 0.6) is 0 Å². The van der Waals surface area contributed by atoms with E-state index in [1.807, 2.05) is 6.92 Å². The summed E-state index contributed by atoms with van der Waals surface area (Å²) in [7, 11) is 0. The Kier molecular flexibility index (Phi) is 4.22. The summed E-state index contributed by atoms with van der Waals surface area (Å²) in [5.74, 6) is 0.972. The Hall–Kier alpha value is -1.10. The second-order valence-electron chi connectivity index (χ2n) is 3.94. The lowest BCUT2D eigenvalue weighted by Gasteiger charge is -2.03. The van der Waals surface area contributed by atoms with Gasteiger partial charge in [0.1, 0.15) is 0 Å². The maximum atomic E-state index is 6.08. The number of benzene rings is 1. The smallest absolute Gasteiger partial charge is 0.243 e. The predicted molar refractivity (Wildman–Crippen MR) is 70.8 cm³/mol. The van der Waals surface area contributed by atoms with Crippen molar-refractivity contribution in [2.45, 2.75) is 25.8 Å². The van der Waals surface area contributed by atoms with Crippen molar-refractivity contribution in [3.8, 4) is 0 Å². The van der Waals surface area contributed by atoms with Gasteiger partial charge in [0.2, 0.25) is 5.89 Å². The molecule has 0 aliphatic heterocycles. The zero-order valence-corrected chi connectivity index (χ0v) is 11.4. The third kappa shape index (κ3) is 2.83. The van der Waals surface area contributed by atoms with Gasteiger partial charge in [-0.2, -0.15) is 4.98 Å². The van der Waals surface area contributed by atoms with Crippen molar-refractivity contribution in [1.82, 2.24) is 10.1 Å². The number of nitrogens with two attached hydrogens (primary N) is 1. The van der Waals surface area contributed by atoms with Crippen molar-refractivity contribution in [3.05, 3.63) is 45.5 Å². The van der Waals surface area contributed by atoms with Gasteiger partial charge in [-0.15, -0.1) is 0 Å². The minimum atomic E-state index is -0.229. The molecular formula is C12H13Cl2N3O. The summed E-state index contributed by atoms with van der Waals surface area (Å²) < 4.78 is 5.10. The van der Waals surface area contributed by atoms with E-state index in [1.165, 1.54) is 0 Å². The summed E-state index contributed by atoms with van der Waals surface area (Å²) in [5, 5.41) is 5.06. The number of rotatable bonds is 4. The van der Waals surface area contributed by atoms with Crippen LogP contribution < -0.4 is 5.73 Å². The standard InChI is InChI=1S/C12H13Cl2N3O/c1-2-10(15)12-16-11(17-18-12)6-7-8(13)4-3-5-9(7)14/h3-5,10H,2,6,15H2,1H3/t10-/m0/s1. The van der Waals surface area contributed by atoms with Crippen molar-refractivity contribution in [1.29, 1.82) is 0 Å². The van der Waals surface area contributed by atoms with Crippen LogP contribution in [0.1, 0.15) is 36.7 Å². The van der Waals surface area contributed by atoms with E-state index in [9.17, 15) is 0 Å². The second-order valence-corrected chi connectivity index (χ2v) is 4.75. The molecule has 1 atom stereocenters. The Morgan fingerprint density at radius 3 is 2.61 bits per heavy atom. The van der Waals surface area contributed by atoms with E-state index in [2.05, 4.69) is 10.1 Å². The monoisotopic (exact) mass is 285 g/mol. The molecule has 2 aromatic rings. The zero-order valence-electron chi connectivity index (χ0n) is 9.86. The summed E-state index contributed by atoms with van der Waals surface area (Å²) in [6.45, 7) is 1.96. The third-order valence-corrected chi connectivity index (χ3v) is 3.35. The molecule has 0 spiro atoms. The van der Waals surface area contributed by atoms with Crippen LogP contribution in [-0.4, -0.2) is 10.1 Å². The lowest BCUT2D eigenvalue weighted by Crippen LogP contribution is -2.09. The van der Waals surface area contributed by atoms with Crippen LogP contribution in [0.2, 0.25) is 10.0 Å². The molecule has 0 fully saturated rings. The molecule has 0 bridgehead atoms. The van der Waals surface area contributed by atoms with Gasteiger partial charge in [0, 0.05) is 16.5 Å². The van der Waals surface area contributed by atoms with Crippen LogP contribution in [0.4, 0.5) is 0 Å². The van der Waals surface area contributed by atoms with Crippen LogP contribution in [0, 0.1) is 0 Å². The Morgan fingerprint density at radius 2 is 2.00 bits per heavy atom. The zero-order chi connectivity index (χ0) is 13.1. The summed E-state index contributed by atoms with van der Waals surface area (Å²) in [4.78, 5) is 4.24.